The topological polar surface area (TPSA) is 103 Å². The number of amides is 2. The third-order valence-electron chi connectivity index (χ3n) is 2.56. The molecule has 0 saturated heterocycles. The number of carboxylic acid groups (broad SMARTS) is 1. The van der Waals surface area contributed by atoms with E-state index >= 15 is 0 Å². The minimum atomic E-state index is -1.07. The van der Waals surface area contributed by atoms with Gasteiger partial charge >= 0.3 is 12.0 Å². The Balaban J connectivity index is 2.62. The lowest BCUT2D eigenvalue weighted by atomic mass is 10.2. The zero-order valence-electron chi connectivity index (χ0n) is 11.9. The van der Waals surface area contributed by atoms with Gasteiger partial charge in [0.1, 0.15) is 5.75 Å². The fourth-order valence-corrected chi connectivity index (χ4v) is 1.56. The fourth-order valence-electron chi connectivity index (χ4n) is 1.56. The first-order valence-corrected chi connectivity index (χ1v) is 6.28. The van der Waals surface area contributed by atoms with E-state index in [0.717, 1.165) is 0 Å². The highest BCUT2D eigenvalue weighted by molar-refractivity contribution is 5.89. The summed E-state index contributed by atoms with van der Waals surface area (Å²) in [5.74, 6) is -0.983. The van der Waals surface area contributed by atoms with Crippen molar-refractivity contribution >= 4 is 17.7 Å². The van der Waals surface area contributed by atoms with Crippen molar-refractivity contribution in [3.05, 3.63) is 24.3 Å². The molecule has 1 unspecified atom stereocenters. The highest BCUT2D eigenvalue weighted by atomic mass is 16.5. The average molecular weight is 291 g/mol. The lowest BCUT2D eigenvalue weighted by molar-refractivity contribution is -0.139. The van der Waals surface area contributed by atoms with Crippen LogP contribution < -0.4 is 10.1 Å². The van der Waals surface area contributed by atoms with Gasteiger partial charge in [0.25, 0.3) is 0 Å². The highest BCUT2D eigenvalue weighted by Gasteiger charge is 2.12. The van der Waals surface area contributed by atoms with Gasteiger partial charge < -0.3 is 20.1 Å². The van der Waals surface area contributed by atoms with Gasteiger partial charge in [-0.05, 0) is 19.1 Å². The van der Waals surface area contributed by atoms with Crippen molar-refractivity contribution in [1.29, 1.82) is 5.26 Å². The van der Waals surface area contributed by atoms with Gasteiger partial charge in [-0.15, -0.1) is 0 Å². The fraction of sp³-hybridized carbons (Fsp3) is 0.357. The van der Waals surface area contributed by atoms with Crippen LogP contribution in [-0.4, -0.2) is 42.2 Å². The summed E-state index contributed by atoms with van der Waals surface area (Å²) in [5.41, 5.74) is 0.486. The number of urea groups is 1. The molecule has 112 valence electrons. The molecule has 0 radical (unpaired) electrons. The summed E-state index contributed by atoms with van der Waals surface area (Å²) in [6.45, 7) is 1.60. The van der Waals surface area contributed by atoms with E-state index in [1.807, 2.05) is 0 Å². The number of hydrogen-bond donors (Lipinski definition) is 2. The number of ether oxygens (including phenoxy) is 1. The van der Waals surface area contributed by atoms with Gasteiger partial charge in [-0.25, -0.2) is 9.59 Å². The van der Waals surface area contributed by atoms with Crippen molar-refractivity contribution in [3.8, 4) is 11.8 Å². The number of anilines is 1. The van der Waals surface area contributed by atoms with E-state index in [1.165, 1.54) is 11.0 Å². The Labute approximate surface area is 122 Å². The zero-order valence-corrected chi connectivity index (χ0v) is 11.9. The van der Waals surface area contributed by atoms with Crippen molar-refractivity contribution in [1.82, 2.24) is 4.90 Å². The molecule has 1 atom stereocenters. The number of aliphatic carboxylic acids is 1. The van der Waals surface area contributed by atoms with Crippen LogP contribution in [0.3, 0.4) is 0 Å². The SMILES string of the molecule is CC(C#N)CN(C)C(=O)Nc1cccc(OCC(=O)O)c1. The predicted octanol–water partition coefficient (Wildman–Crippen LogP) is 1.77. The largest absolute Gasteiger partial charge is 0.482 e. The molecule has 1 aromatic rings. The van der Waals surface area contributed by atoms with Gasteiger partial charge in [-0.2, -0.15) is 5.26 Å². The summed E-state index contributed by atoms with van der Waals surface area (Å²) in [6.07, 6.45) is 0. The van der Waals surface area contributed by atoms with E-state index in [1.54, 1.807) is 32.2 Å². The third kappa shape index (κ3) is 5.82. The number of rotatable bonds is 6. The molecule has 21 heavy (non-hydrogen) atoms. The third-order valence-corrected chi connectivity index (χ3v) is 2.56. The molecule has 0 aliphatic carbocycles. The van der Waals surface area contributed by atoms with Crippen molar-refractivity contribution in [3.63, 3.8) is 0 Å². The maximum atomic E-state index is 11.9. The molecule has 0 aliphatic rings. The van der Waals surface area contributed by atoms with E-state index in [2.05, 4.69) is 11.4 Å². The molecule has 1 aromatic carbocycles. The Bertz CT molecular complexity index is 553. The minimum Gasteiger partial charge on any atom is -0.482 e. The van der Waals surface area contributed by atoms with Crippen LogP contribution in [0, 0.1) is 17.2 Å². The molecule has 2 N–H and O–H groups in total. The van der Waals surface area contributed by atoms with Crippen LogP contribution in [0.2, 0.25) is 0 Å². The first kappa shape index (κ1) is 16.3. The Kier molecular flexibility index (Phi) is 6.01. The molecule has 0 heterocycles. The van der Waals surface area contributed by atoms with Gasteiger partial charge in [0, 0.05) is 25.3 Å². The summed E-state index contributed by atoms with van der Waals surface area (Å²) < 4.78 is 5.02. The lowest BCUT2D eigenvalue weighted by Gasteiger charge is -2.19. The smallest absolute Gasteiger partial charge is 0.341 e. The number of carbonyl (C=O) groups excluding carboxylic acids is 1. The highest BCUT2D eigenvalue weighted by Crippen LogP contribution is 2.17. The maximum absolute atomic E-state index is 11.9. The van der Waals surface area contributed by atoms with Crippen molar-refractivity contribution in [2.24, 2.45) is 5.92 Å². The Morgan fingerprint density at radius 1 is 1.52 bits per heavy atom. The zero-order chi connectivity index (χ0) is 15.8. The molecule has 0 spiro atoms. The number of carboxylic acids is 1. The van der Waals surface area contributed by atoms with Crippen LogP contribution in [0.1, 0.15) is 6.92 Å². The quantitative estimate of drug-likeness (QED) is 0.831. The standard InChI is InChI=1S/C14H17N3O4/c1-10(7-15)8-17(2)14(20)16-11-4-3-5-12(6-11)21-9-13(18)19/h3-6,10H,8-9H2,1-2H3,(H,16,20)(H,18,19). The molecule has 7 heteroatoms. The molecule has 0 bridgehead atoms. The lowest BCUT2D eigenvalue weighted by Crippen LogP contribution is -2.34. The Hall–Kier alpha value is -2.75. The summed E-state index contributed by atoms with van der Waals surface area (Å²) in [7, 11) is 1.59. The predicted molar refractivity (Wildman–Crippen MR) is 76.0 cm³/mol. The van der Waals surface area contributed by atoms with E-state index in [4.69, 9.17) is 15.1 Å². The molecule has 0 aromatic heterocycles. The summed E-state index contributed by atoms with van der Waals surface area (Å²) in [4.78, 5) is 23.7. The maximum Gasteiger partial charge on any atom is 0.341 e. The van der Waals surface area contributed by atoms with Crippen molar-refractivity contribution in [2.45, 2.75) is 6.92 Å². The van der Waals surface area contributed by atoms with E-state index in [-0.39, 0.29) is 11.9 Å². The second kappa shape index (κ2) is 7.75. The number of carbonyl (C=O) groups is 2. The van der Waals surface area contributed by atoms with E-state index in [9.17, 15) is 9.59 Å². The molecule has 0 fully saturated rings. The molecule has 0 saturated carbocycles. The van der Waals surface area contributed by atoms with Gasteiger partial charge in [0.05, 0.1) is 12.0 Å². The van der Waals surface area contributed by atoms with Crippen molar-refractivity contribution < 1.29 is 19.4 Å². The number of benzene rings is 1. The normalized spacial score (nSPS) is 11.1. The van der Waals surface area contributed by atoms with Crippen LogP contribution >= 0.6 is 0 Å². The Morgan fingerprint density at radius 3 is 2.86 bits per heavy atom. The number of nitrogens with one attached hydrogen (secondary N) is 1. The summed E-state index contributed by atoms with van der Waals surface area (Å²) in [5, 5.41) is 19.9. The van der Waals surface area contributed by atoms with Gasteiger partial charge in [-0.3, -0.25) is 0 Å². The molecular formula is C14H17N3O4. The van der Waals surface area contributed by atoms with Gasteiger partial charge in [0.2, 0.25) is 0 Å². The van der Waals surface area contributed by atoms with Crippen LogP contribution in [0.4, 0.5) is 10.5 Å². The summed E-state index contributed by atoms with van der Waals surface area (Å²) >= 11 is 0. The number of hydrogen-bond acceptors (Lipinski definition) is 4. The number of nitriles is 1. The molecule has 7 nitrogen and oxygen atoms in total. The minimum absolute atomic E-state index is 0.258. The monoisotopic (exact) mass is 291 g/mol. The molecule has 2 amide bonds. The van der Waals surface area contributed by atoms with Crippen LogP contribution in [0.5, 0.6) is 5.75 Å². The second-order valence-electron chi connectivity index (χ2n) is 4.55. The van der Waals surface area contributed by atoms with E-state index < -0.39 is 12.6 Å². The first-order valence-electron chi connectivity index (χ1n) is 6.28. The van der Waals surface area contributed by atoms with Gasteiger partial charge in [0.15, 0.2) is 6.61 Å². The Morgan fingerprint density at radius 2 is 2.24 bits per heavy atom. The number of nitrogens with zero attached hydrogens (tertiary/aromatic N) is 2. The molecule has 0 aliphatic heterocycles. The van der Waals surface area contributed by atoms with E-state index in [0.29, 0.717) is 18.0 Å². The van der Waals surface area contributed by atoms with Crippen LogP contribution in [0.15, 0.2) is 24.3 Å². The van der Waals surface area contributed by atoms with Crippen LogP contribution in [0.25, 0.3) is 0 Å². The van der Waals surface area contributed by atoms with Crippen molar-refractivity contribution in [2.75, 3.05) is 25.5 Å². The summed E-state index contributed by atoms with van der Waals surface area (Å²) in [6, 6.07) is 8.13. The van der Waals surface area contributed by atoms with Gasteiger partial charge in [-0.1, -0.05) is 6.07 Å². The first-order chi connectivity index (χ1) is 9.92. The molecular weight excluding hydrogens is 274 g/mol. The average Bonchev–Trinajstić information content (AvgIpc) is 2.45. The molecule has 1 rings (SSSR count). The second-order valence-corrected chi connectivity index (χ2v) is 4.55. The van der Waals surface area contributed by atoms with Crippen LogP contribution in [-0.2, 0) is 4.79 Å².